The summed E-state index contributed by atoms with van der Waals surface area (Å²) in [4.78, 5) is 41.6. The van der Waals surface area contributed by atoms with Crippen molar-refractivity contribution < 1.29 is 28.6 Å². The Hall–Kier alpha value is -4.53. The summed E-state index contributed by atoms with van der Waals surface area (Å²) in [5, 5.41) is 2.86. The topological polar surface area (TPSA) is 97.4 Å². The van der Waals surface area contributed by atoms with Crippen molar-refractivity contribution in [3.05, 3.63) is 83.9 Å². The predicted molar refractivity (Wildman–Crippen MR) is 139 cm³/mol. The molecule has 192 valence electrons. The van der Waals surface area contributed by atoms with Gasteiger partial charge in [-0.05, 0) is 54.6 Å². The summed E-state index contributed by atoms with van der Waals surface area (Å²) in [6, 6.07) is 21.1. The summed E-state index contributed by atoms with van der Waals surface area (Å²) >= 11 is 0. The van der Waals surface area contributed by atoms with Crippen molar-refractivity contribution in [2.45, 2.75) is 0 Å². The lowest BCUT2D eigenvalue weighted by atomic mass is 10.1. The van der Waals surface area contributed by atoms with E-state index >= 15 is 0 Å². The van der Waals surface area contributed by atoms with Crippen molar-refractivity contribution in [1.29, 1.82) is 0 Å². The number of benzene rings is 3. The molecule has 37 heavy (non-hydrogen) atoms. The molecule has 3 aromatic rings. The van der Waals surface area contributed by atoms with Crippen molar-refractivity contribution in [2.75, 3.05) is 57.2 Å². The van der Waals surface area contributed by atoms with Crippen LogP contribution in [0.1, 0.15) is 20.7 Å². The molecular formula is C28H29N3O6. The van der Waals surface area contributed by atoms with Gasteiger partial charge in [-0.15, -0.1) is 0 Å². The van der Waals surface area contributed by atoms with E-state index in [0.717, 1.165) is 5.69 Å². The summed E-state index contributed by atoms with van der Waals surface area (Å²) < 4.78 is 15.6. The van der Waals surface area contributed by atoms with Gasteiger partial charge in [0.15, 0.2) is 6.61 Å². The molecule has 0 radical (unpaired) electrons. The first-order valence-electron chi connectivity index (χ1n) is 11.9. The Morgan fingerprint density at radius 1 is 0.811 bits per heavy atom. The van der Waals surface area contributed by atoms with Crippen LogP contribution in [-0.4, -0.2) is 69.7 Å². The lowest BCUT2D eigenvalue weighted by molar-refractivity contribution is -0.118. The van der Waals surface area contributed by atoms with E-state index < -0.39 is 5.97 Å². The second kappa shape index (κ2) is 11.9. The minimum absolute atomic E-state index is 0.00880. The lowest BCUT2D eigenvalue weighted by Crippen LogP contribution is -2.49. The zero-order chi connectivity index (χ0) is 26.2. The van der Waals surface area contributed by atoms with Gasteiger partial charge in [0.05, 0.1) is 31.2 Å². The number of anilines is 2. The fourth-order valence-electron chi connectivity index (χ4n) is 4.08. The van der Waals surface area contributed by atoms with Crippen molar-refractivity contribution in [1.82, 2.24) is 4.90 Å². The maximum atomic E-state index is 12.8. The van der Waals surface area contributed by atoms with E-state index in [1.165, 1.54) is 7.11 Å². The van der Waals surface area contributed by atoms with Gasteiger partial charge in [0, 0.05) is 31.7 Å². The first-order chi connectivity index (χ1) is 18.0. The zero-order valence-corrected chi connectivity index (χ0v) is 20.8. The van der Waals surface area contributed by atoms with E-state index in [0.29, 0.717) is 54.5 Å². The third-order valence-corrected chi connectivity index (χ3v) is 6.05. The number of methoxy groups -OCH3 is 2. The minimum atomic E-state index is -0.505. The maximum absolute atomic E-state index is 12.8. The largest absolute Gasteiger partial charge is 0.497 e. The van der Waals surface area contributed by atoms with Gasteiger partial charge >= 0.3 is 5.97 Å². The first-order valence-corrected chi connectivity index (χ1v) is 11.9. The Labute approximate surface area is 215 Å². The number of hydrogen-bond acceptors (Lipinski definition) is 7. The normalized spacial score (nSPS) is 13.0. The second-order valence-electron chi connectivity index (χ2n) is 8.38. The van der Waals surface area contributed by atoms with E-state index in [1.54, 1.807) is 49.6 Å². The SMILES string of the molecule is COC(=O)c1ccc(N2CCN(C(=O)c3ccccc3)CC2)c(NC(=O)COc2ccc(OC)cc2)c1. The Balaban J connectivity index is 1.44. The van der Waals surface area contributed by atoms with Gasteiger partial charge in [-0.2, -0.15) is 0 Å². The molecule has 1 fully saturated rings. The van der Waals surface area contributed by atoms with E-state index in [4.69, 9.17) is 14.2 Å². The van der Waals surface area contributed by atoms with Gasteiger partial charge in [0.25, 0.3) is 11.8 Å². The molecule has 9 heteroatoms. The molecule has 1 aliphatic rings. The highest BCUT2D eigenvalue weighted by atomic mass is 16.5. The summed E-state index contributed by atoms with van der Waals surface area (Å²) in [5.74, 6) is 0.322. The van der Waals surface area contributed by atoms with Crippen LogP contribution in [0.5, 0.6) is 11.5 Å². The number of nitrogens with one attached hydrogen (secondary N) is 1. The molecule has 1 aliphatic heterocycles. The van der Waals surface area contributed by atoms with Crippen molar-refractivity contribution in [3.8, 4) is 11.5 Å². The van der Waals surface area contributed by atoms with Gasteiger partial charge in [-0.25, -0.2) is 4.79 Å². The molecule has 1 heterocycles. The van der Waals surface area contributed by atoms with Crippen LogP contribution in [0, 0.1) is 0 Å². The molecular weight excluding hydrogens is 474 g/mol. The summed E-state index contributed by atoms with van der Waals surface area (Å²) in [6.45, 7) is 1.98. The van der Waals surface area contributed by atoms with Crippen LogP contribution in [0.25, 0.3) is 0 Å². The average molecular weight is 504 g/mol. The van der Waals surface area contributed by atoms with Crippen LogP contribution < -0.4 is 19.7 Å². The van der Waals surface area contributed by atoms with Crippen LogP contribution in [0.15, 0.2) is 72.8 Å². The number of nitrogens with zero attached hydrogens (tertiary/aromatic N) is 2. The smallest absolute Gasteiger partial charge is 0.337 e. The molecule has 2 amide bonds. The molecule has 0 aliphatic carbocycles. The quantitative estimate of drug-likeness (QED) is 0.470. The van der Waals surface area contributed by atoms with Crippen LogP contribution in [0.2, 0.25) is 0 Å². The number of rotatable bonds is 8. The molecule has 1 N–H and O–H groups in total. The second-order valence-corrected chi connectivity index (χ2v) is 8.38. The fraction of sp³-hybridized carbons (Fsp3) is 0.250. The highest BCUT2D eigenvalue weighted by molar-refractivity contribution is 5.99. The Morgan fingerprint density at radius 2 is 1.49 bits per heavy atom. The molecule has 0 aromatic heterocycles. The highest BCUT2D eigenvalue weighted by Gasteiger charge is 2.24. The highest BCUT2D eigenvalue weighted by Crippen LogP contribution is 2.29. The number of esters is 1. The molecule has 0 spiro atoms. The Bertz CT molecular complexity index is 1240. The maximum Gasteiger partial charge on any atom is 0.337 e. The molecule has 0 bridgehead atoms. The number of carbonyl (C=O) groups is 3. The molecule has 1 saturated heterocycles. The molecule has 9 nitrogen and oxygen atoms in total. The Kier molecular flexibility index (Phi) is 8.25. The van der Waals surface area contributed by atoms with Gasteiger partial charge in [0.1, 0.15) is 11.5 Å². The van der Waals surface area contributed by atoms with Crippen LogP contribution in [0.3, 0.4) is 0 Å². The third-order valence-electron chi connectivity index (χ3n) is 6.05. The van der Waals surface area contributed by atoms with Gasteiger partial charge < -0.3 is 29.3 Å². The van der Waals surface area contributed by atoms with Crippen molar-refractivity contribution in [3.63, 3.8) is 0 Å². The summed E-state index contributed by atoms with van der Waals surface area (Å²) in [7, 11) is 2.88. The molecule has 0 saturated carbocycles. The van der Waals surface area contributed by atoms with Gasteiger partial charge in [0.2, 0.25) is 0 Å². The predicted octanol–water partition coefficient (Wildman–Crippen LogP) is 3.46. The minimum Gasteiger partial charge on any atom is -0.497 e. The number of hydrogen-bond donors (Lipinski definition) is 1. The first kappa shape index (κ1) is 25.6. The number of amides is 2. The van der Waals surface area contributed by atoms with E-state index in [9.17, 15) is 14.4 Å². The van der Waals surface area contributed by atoms with E-state index in [1.807, 2.05) is 35.2 Å². The van der Waals surface area contributed by atoms with Crippen LogP contribution in [0.4, 0.5) is 11.4 Å². The Morgan fingerprint density at radius 3 is 2.14 bits per heavy atom. The van der Waals surface area contributed by atoms with Crippen LogP contribution in [-0.2, 0) is 9.53 Å². The number of piperazine rings is 1. The van der Waals surface area contributed by atoms with E-state index in [-0.39, 0.29) is 18.4 Å². The van der Waals surface area contributed by atoms with Crippen molar-refractivity contribution in [2.24, 2.45) is 0 Å². The summed E-state index contributed by atoms with van der Waals surface area (Å²) in [6.07, 6.45) is 0. The average Bonchev–Trinajstić information content (AvgIpc) is 2.96. The standard InChI is InChI=1S/C28H29N3O6/c1-35-22-9-11-23(12-10-22)37-19-26(32)29-24-18-21(28(34)36-2)8-13-25(24)30-14-16-31(17-15-30)27(33)20-6-4-3-5-7-20/h3-13,18H,14-17,19H2,1-2H3,(H,29,32). The fourth-order valence-corrected chi connectivity index (χ4v) is 4.08. The summed E-state index contributed by atoms with van der Waals surface area (Å²) in [5.41, 5.74) is 2.19. The number of carbonyl (C=O) groups excluding carboxylic acids is 3. The zero-order valence-electron chi connectivity index (χ0n) is 20.8. The number of ether oxygens (including phenoxy) is 3. The monoisotopic (exact) mass is 503 g/mol. The third kappa shape index (κ3) is 6.38. The molecule has 0 unspecified atom stereocenters. The van der Waals surface area contributed by atoms with Gasteiger partial charge in [-0.3, -0.25) is 9.59 Å². The lowest BCUT2D eigenvalue weighted by Gasteiger charge is -2.37. The molecule has 3 aromatic carbocycles. The van der Waals surface area contributed by atoms with Gasteiger partial charge in [-0.1, -0.05) is 18.2 Å². The molecule has 0 atom stereocenters. The van der Waals surface area contributed by atoms with Crippen LogP contribution >= 0.6 is 0 Å². The van der Waals surface area contributed by atoms with E-state index in [2.05, 4.69) is 10.2 Å². The van der Waals surface area contributed by atoms with Crippen molar-refractivity contribution >= 4 is 29.2 Å². The molecule has 4 rings (SSSR count).